The first-order valence-corrected chi connectivity index (χ1v) is 10.5. The van der Waals surface area contributed by atoms with Gasteiger partial charge in [-0.05, 0) is 24.8 Å². The van der Waals surface area contributed by atoms with Crippen molar-refractivity contribution in [1.29, 1.82) is 0 Å². The number of methoxy groups -OCH3 is 1. The Balaban J connectivity index is 1.67. The molecule has 1 aromatic carbocycles. The zero-order chi connectivity index (χ0) is 22.2. The molecule has 0 bridgehead atoms. The summed E-state index contributed by atoms with van der Waals surface area (Å²) in [6.07, 6.45) is 2.72. The molecule has 1 saturated carbocycles. The van der Waals surface area contributed by atoms with Crippen molar-refractivity contribution in [2.45, 2.75) is 18.8 Å². The SMILES string of the molecule is COc1ccc([C@H]2C3=CC[C@@H]4C(=O)N(C)C(=O)[C@@H]4[C@@H]3C[C@H]3C(=O)N(C)C(=O)[C@@H]23)c(O)c1. The minimum Gasteiger partial charge on any atom is -0.508 e. The van der Waals surface area contributed by atoms with Crippen LogP contribution in [0.2, 0.25) is 0 Å². The smallest absolute Gasteiger partial charge is 0.233 e. The molecule has 2 aliphatic carbocycles. The van der Waals surface area contributed by atoms with Gasteiger partial charge in [0.25, 0.3) is 0 Å². The van der Waals surface area contributed by atoms with E-state index >= 15 is 0 Å². The molecule has 4 aliphatic rings. The number of carbonyl (C=O) groups is 4. The summed E-state index contributed by atoms with van der Waals surface area (Å²) < 4.78 is 5.19. The van der Waals surface area contributed by atoms with Crippen LogP contribution >= 0.6 is 0 Å². The Hall–Kier alpha value is -3.16. The zero-order valence-electron chi connectivity index (χ0n) is 17.6. The highest BCUT2D eigenvalue weighted by Gasteiger charge is 2.61. The number of phenols is 1. The van der Waals surface area contributed by atoms with Gasteiger partial charge in [-0.3, -0.25) is 29.0 Å². The van der Waals surface area contributed by atoms with Gasteiger partial charge in [0.1, 0.15) is 11.5 Å². The summed E-state index contributed by atoms with van der Waals surface area (Å²) >= 11 is 0. The summed E-state index contributed by atoms with van der Waals surface area (Å²) in [6.45, 7) is 0. The molecule has 1 aromatic rings. The number of fused-ring (bicyclic) bond motifs is 4. The maximum atomic E-state index is 13.1. The van der Waals surface area contributed by atoms with E-state index in [1.807, 2.05) is 6.08 Å². The third kappa shape index (κ3) is 2.53. The van der Waals surface area contributed by atoms with Gasteiger partial charge in [0.15, 0.2) is 0 Å². The van der Waals surface area contributed by atoms with Crippen LogP contribution in [0.15, 0.2) is 29.8 Å². The Morgan fingerprint density at radius 3 is 2.19 bits per heavy atom. The van der Waals surface area contributed by atoms with E-state index in [-0.39, 0.29) is 35.3 Å². The van der Waals surface area contributed by atoms with Gasteiger partial charge in [0.2, 0.25) is 23.6 Å². The van der Waals surface area contributed by atoms with Crippen molar-refractivity contribution in [3.8, 4) is 11.5 Å². The number of hydrogen-bond donors (Lipinski definition) is 1. The van der Waals surface area contributed by atoms with Crippen molar-refractivity contribution in [2.75, 3.05) is 21.2 Å². The highest BCUT2D eigenvalue weighted by molar-refractivity contribution is 6.07. The minimum absolute atomic E-state index is 0.0208. The molecule has 0 spiro atoms. The van der Waals surface area contributed by atoms with Crippen LogP contribution in [0.1, 0.15) is 24.3 Å². The van der Waals surface area contributed by atoms with Crippen LogP contribution in [-0.4, -0.2) is 59.7 Å². The predicted molar refractivity (Wildman–Crippen MR) is 108 cm³/mol. The van der Waals surface area contributed by atoms with E-state index < -0.39 is 29.6 Å². The molecule has 2 saturated heterocycles. The number of carbonyl (C=O) groups excluding carboxylic acids is 4. The Morgan fingerprint density at radius 1 is 0.903 bits per heavy atom. The largest absolute Gasteiger partial charge is 0.508 e. The van der Waals surface area contributed by atoms with Crippen LogP contribution in [0.25, 0.3) is 0 Å². The van der Waals surface area contributed by atoms with Crippen LogP contribution in [0, 0.1) is 29.6 Å². The van der Waals surface area contributed by atoms with Gasteiger partial charge in [-0.2, -0.15) is 0 Å². The fraction of sp³-hybridized carbons (Fsp3) is 0.478. The molecule has 0 radical (unpaired) electrons. The molecule has 0 unspecified atom stereocenters. The number of aromatic hydroxyl groups is 1. The summed E-state index contributed by atoms with van der Waals surface area (Å²) in [5, 5.41) is 10.8. The molecule has 2 aliphatic heterocycles. The van der Waals surface area contributed by atoms with Crippen LogP contribution in [0.4, 0.5) is 0 Å². The molecule has 4 amide bonds. The van der Waals surface area contributed by atoms with Gasteiger partial charge < -0.3 is 9.84 Å². The number of allylic oxidation sites excluding steroid dienone is 2. The van der Waals surface area contributed by atoms with E-state index in [4.69, 9.17) is 4.74 Å². The molecule has 3 fully saturated rings. The van der Waals surface area contributed by atoms with Gasteiger partial charge in [-0.15, -0.1) is 0 Å². The molecule has 8 heteroatoms. The second kappa shape index (κ2) is 6.67. The standard InChI is InChI=1S/C23H24N2O6/c1-24-20(27)13-7-6-11-14(18(13)22(24)29)9-15-19(23(30)25(2)21(15)28)17(11)12-5-4-10(31-3)8-16(12)26/h4-6,8,13-15,17-19,26H,7,9H2,1-3H3/t13-,14+,15+,17+,18-,19+/m0/s1. The molecule has 5 rings (SSSR count). The van der Waals surface area contributed by atoms with E-state index in [0.29, 0.717) is 24.2 Å². The summed E-state index contributed by atoms with van der Waals surface area (Å²) in [6, 6.07) is 4.92. The van der Waals surface area contributed by atoms with E-state index in [1.54, 1.807) is 12.1 Å². The number of likely N-dealkylation sites (tertiary alicyclic amines) is 2. The number of amides is 4. The number of phenolic OH excluding ortho intramolecular Hbond substituents is 1. The number of rotatable bonds is 2. The zero-order valence-corrected chi connectivity index (χ0v) is 17.6. The summed E-state index contributed by atoms with van der Waals surface area (Å²) in [5.74, 6) is -3.55. The predicted octanol–water partition coefficient (Wildman–Crippen LogP) is 1.30. The van der Waals surface area contributed by atoms with Crippen LogP contribution in [0.5, 0.6) is 11.5 Å². The van der Waals surface area contributed by atoms with E-state index in [9.17, 15) is 24.3 Å². The molecule has 162 valence electrons. The molecule has 8 nitrogen and oxygen atoms in total. The highest BCUT2D eigenvalue weighted by Crippen LogP contribution is 2.58. The lowest BCUT2D eigenvalue weighted by atomic mass is 9.57. The summed E-state index contributed by atoms with van der Waals surface area (Å²) in [5.41, 5.74) is 1.41. The third-order valence-corrected chi connectivity index (χ3v) is 7.66. The van der Waals surface area contributed by atoms with E-state index in [1.165, 1.54) is 32.2 Å². The van der Waals surface area contributed by atoms with Crippen molar-refractivity contribution in [2.24, 2.45) is 29.6 Å². The maximum Gasteiger partial charge on any atom is 0.233 e. The van der Waals surface area contributed by atoms with Gasteiger partial charge in [0.05, 0.1) is 30.8 Å². The lowest BCUT2D eigenvalue weighted by molar-refractivity contribution is -0.140. The average Bonchev–Trinajstić information content (AvgIpc) is 3.12. The lowest BCUT2D eigenvalue weighted by Crippen LogP contribution is -2.42. The van der Waals surface area contributed by atoms with Crippen LogP contribution < -0.4 is 4.74 Å². The Labute approximate surface area is 179 Å². The van der Waals surface area contributed by atoms with Crippen molar-refractivity contribution >= 4 is 23.6 Å². The summed E-state index contributed by atoms with van der Waals surface area (Å²) in [7, 11) is 4.48. The molecule has 2 heterocycles. The first kappa shape index (κ1) is 19.8. The molecule has 1 N–H and O–H groups in total. The second-order valence-electron chi connectivity index (χ2n) is 8.92. The van der Waals surface area contributed by atoms with E-state index in [2.05, 4.69) is 0 Å². The number of benzene rings is 1. The summed E-state index contributed by atoms with van der Waals surface area (Å²) in [4.78, 5) is 53.9. The number of hydrogen-bond acceptors (Lipinski definition) is 6. The van der Waals surface area contributed by atoms with E-state index in [0.717, 1.165) is 10.5 Å². The molecule has 31 heavy (non-hydrogen) atoms. The Bertz CT molecular complexity index is 1060. The Kier molecular flexibility index (Phi) is 4.26. The van der Waals surface area contributed by atoms with Gasteiger partial charge in [-0.1, -0.05) is 17.7 Å². The highest BCUT2D eigenvalue weighted by atomic mass is 16.5. The van der Waals surface area contributed by atoms with Gasteiger partial charge in [-0.25, -0.2) is 0 Å². The first-order chi connectivity index (χ1) is 14.8. The molecule has 0 aromatic heterocycles. The van der Waals surface area contributed by atoms with Crippen LogP contribution in [0.3, 0.4) is 0 Å². The van der Waals surface area contributed by atoms with Crippen molar-refractivity contribution in [3.63, 3.8) is 0 Å². The third-order valence-electron chi connectivity index (χ3n) is 7.66. The fourth-order valence-electron chi connectivity index (χ4n) is 6.16. The van der Waals surface area contributed by atoms with Crippen molar-refractivity contribution in [1.82, 2.24) is 9.80 Å². The monoisotopic (exact) mass is 424 g/mol. The topological polar surface area (TPSA) is 104 Å². The number of imide groups is 2. The number of ether oxygens (including phenoxy) is 1. The molecular formula is C23H24N2O6. The molecular weight excluding hydrogens is 400 g/mol. The number of nitrogens with zero attached hydrogens (tertiary/aromatic N) is 2. The second-order valence-corrected chi connectivity index (χ2v) is 8.92. The van der Waals surface area contributed by atoms with Crippen LogP contribution in [-0.2, 0) is 19.2 Å². The van der Waals surface area contributed by atoms with Gasteiger partial charge in [0, 0.05) is 31.6 Å². The van der Waals surface area contributed by atoms with Crippen molar-refractivity contribution < 1.29 is 29.0 Å². The lowest BCUT2D eigenvalue weighted by Gasteiger charge is -2.44. The van der Waals surface area contributed by atoms with Gasteiger partial charge >= 0.3 is 0 Å². The Morgan fingerprint density at radius 2 is 1.55 bits per heavy atom. The minimum atomic E-state index is -0.638. The molecule has 6 atom stereocenters. The average molecular weight is 424 g/mol. The maximum absolute atomic E-state index is 13.1. The first-order valence-electron chi connectivity index (χ1n) is 10.5. The normalized spacial score (nSPS) is 34.5. The fourth-order valence-corrected chi connectivity index (χ4v) is 6.16. The quantitative estimate of drug-likeness (QED) is 0.567. The van der Waals surface area contributed by atoms with Crippen molar-refractivity contribution in [3.05, 3.63) is 35.4 Å².